The van der Waals surface area contributed by atoms with Gasteiger partial charge in [0.05, 0.1) is 10.6 Å². The summed E-state index contributed by atoms with van der Waals surface area (Å²) in [6.07, 6.45) is 0.832. The largest absolute Gasteiger partial charge is 0.351 e. The minimum Gasteiger partial charge on any atom is -0.351 e. The Labute approximate surface area is 179 Å². The molecule has 1 N–H and O–H groups in total. The molecule has 0 unspecified atom stereocenters. The summed E-state index contributed by atoms with van der Waals surface area (Å²) in [4.78, 5) is 40.8. The number of halogens is 2. The Kier molecular flexibility index (Phi) is 7.41. The SMILES string of the molecule is O=C(NCCC(=O)N1CCCN(C(=O)c2ccccc2)CC1)c1ccc(F)cc1Cl. The highest BCUT2D eigenvalue weighted by Crippen LogP contribution is 2.17. The van der Waals surface area contributed by atoms with E-state index < -0.39 is 11.7 Å². The first kappa shape index (κ1) is 21.8. The van der Waals surface area contributed by atoms with Crippen molar-refractivity contribution in [1.29, 1.82) is 0 Å². The summed E-state index contributed by atoms with van der Waals surface area (Å²) < 4.78 is 13.1. The number of carbonyl (C=O) groups excluding carboxylic acids is 3. The molecule has 3 rings (SSSR count). The molecule has 30 heavy (non-hydrogen) atoms. The Bertz CT molecular complexity index is 923. The maximum atomic E-state index is 13.1. The Morgan fingerprint density at radius 3 is 2.40 bits per heavy atom. The number of benzene rings is 2. The summed E-state index contributed by atoms with van der Waals surface area (Å²) in [5, 5.41) is 2.66. The maximum absolute atomic E-state index is 13.1. The topological polar surface area (TPSA) is 69.7 Å². The first-order chi connectivity index (χ1) is 14.5. The molecule has 1 aliphatic rings. The lowest BCUT2D eigenvalue weighted by atomic mass is 10.2. The summed E-state index contributed by atoms with van der Waals surface area (Å²) in [6.45, 7) is 2.23. The number of hydrogen-bond acceptors (Lipinski definition) is 3. The number of rotatable bonds is 5. The second-order valence-electron chi connectivity index (χ2n) is 7.02. The molecule has 158 valence electrons. The number of amides is 3. The molecule has 2 aromatic carbocycles. The fraction of sp³-hybridized carbons (Fsp3) is 0.318. The fourth-order valence-electron chi connectivity index (χ4n) is 3.34. The third-order valence-corrected chi connectivity index (χ3v) is 5.27. The molecular formula is C22H23ClFN3O3. The second kappa shape index (κ2) is 10.2. The molecule has 6 nitrogen and oxygen atoms in total. The van der Waals surface area contributed by atoms with Crippen LogP contribution >= 0.6 is 11.6 Å². The quantitative estimate of drug-likeness (QED) is 0.791. The van der Waals surface area contributed by atoms with Crippen molar-refractivity contribution in [2.45, 2.75) is 12.8 Å². The lowest BCUT2D eigenvalue weighted by Gasteiger charge is -2.22. The van der Waals surface area contributed by atoms with Crippen molar-refractivity contribution < 1.29 is 18.8 Å². The van der Waals surface area contributed by atoms with E-state index in [1.807, 2.05) is 18.2 Å². The molecular weight excluding hydrogens is 409 g/mol. The van der Waals surface area contributed by atoms with Gasteiger partial charge in [-0.3, -0.25) is 14.4 Å². The van der Waals surface area contributed by atoms with Crippen LogP contribution < -0.4 is 5.32 Å². The Hall–Kier alpha value is -2.93. The monoisotopic (exact) mass is 431 g/mol. The highest BCUT2D eigenvalue weighted by Gasteiger charge is 2.22. The van der Waals surface area contributed by atoms with Crippen molar-refractivity contribution in [2.75, 3.05) is 32.7 Å². The highest BCUT2D eigenvalue weighted by molar-refractivity contribution is 6.33. The molecule has 0 radical (unpaired) electrons. The van der Waals surface area contributed by atoms with Gasteiger partial charge in [0.25, 0.3) is 11.8 Å². The minimum atomic E-state index is -0.521. The molecule has 2 aromatic rings. The summed E-state index contributed by atoms with van der Waals surface area (Å²) in [5.41, 5.74) is 0.801. The normalized spacial score (nSPS) is 14.2. The summed E-state index contributed by atoms with van der Waals surface area (Å²) in [6, 6.07) is 12.6. The fourth-order valence-corrected chi connectivity index (χ4v) is 3.60. The van der Waals surface area contributed by atoms with Crippen LogP contribution in [-0.4, -0.2) is 60.2 Å². The van der Waals surface area contributed by atoms with Crippen LogP contribution in [0, 0.1) is 5.82 Å². The Morgan fingerprint density at radius 2 is 1.67 bits per heavy atom. The summed E-state index contributed by atoms with van der Waals surface area (Å²) >= 11 is 5.88. The van der Waals surface area contributed by atoms with E-state index in [-0.39, 0.29) is 35.4 Å². The van der Waals surface area contributed by atoms with Crippen molar-refractivity contribution in [3.63, 3.8) is 0 Å². The number of nitrogens with zero attached hydrogens (tertiary/aromatic N) is 2. The lowest BCUT2D eigenvalue weighted by molar-refractivity contribution is -0.130. The predicted octanol–water partition coefficient (Wildman–Crippen LogP) is 2.97. The van der Waals surface area contributed by atoms with Gasteiger partial charge < -0.3 is 15.1 Å². The smallest absolute Gasteiger partial charge is 0.253 e. The van der Waals surface area contributed by atoms with Gasteiger partial charge in [0.15, 0.2) is 0 Å². The first-order valence-electron chi connectivity index (χ1n) is 9.81. The van der Waals surface area contributed by atoms with E-state index in [0.717, 1.165) is 12.1 Å². The molecule has 1 saturated heterocycles. The molecule has 0 atom stereocenters. The third-order valence-electron chi connectivity index (χ3n) is 4.96. The number of carbonyl (C=O) groups is 3. The Morgan fingerprint density at radius 1 is 0.967 bits per heavy atom. The molecule has 0 saturated carbocycles. The second-order valence-corrected chi connectivity index (χ2v) is 7.43. The molecule has 0 aromatic heterocycles. The first-order valence-corrected chi connectivity index (χ1v) is 10.2. The number of hydrogen-bond donors (Lipinski definition) is 1. The van der Waals surface area contributed by atoms with Gasteiger partial charge in [-0.1, -0.05) is 29.8 Å². The van der Waals surface area contributed by atoms with E-state index in [1.165, 1.54) is 6.07 Å². The van der Waals surface area contributed by atoms with Crippen molar-refractivity contribution in [3.8, 4) is 0 Å². The third kappa shape index (κ3) is 5.57. The van der Waals surface area contributed by atoms with Gasteiger partial charge in [0.1, 0.15) is 5.82 Å². The van der Waals surface area contributed by atoms with Crippen molar-refractivity contribution in [2.24, 2.45) is 0 Å². The van der Waals surface area contributed by atoms with E-state index in [2.05, 4.69) is 5.32 Å². The molecule has 0 aliphatic carbocycles. The van der Waals surface area contributed by atoms with Crippen LogP contribution in [0.4, 0.5) is 4.39 Å². The lowest BCUT2D eigenvalue weighted by Crippen LogP contribution is -2.38. The van der Waals surface area contributed by atoms with Gasteiger partial charge in [0, 0.05) is 44.7 Å². The molecule has 0 bridgehead atoms. The van der Waals surface area contributed by atoms with E-state index in [9.17, 15) is 18.8 Å². The highest BCUT2D eigenvalue weighted by atomic mass is 35.5. The van der Waals surface area contributed by atoms with Gasteiger partial charge in [-0.2, -0.15) is 0 Å². The van der Waals surface area contributed by atoms with Crippen LogP contribution in [0.3, 0.4) is 0 Å². The summed E-state index contributed by atoms with van der Waals surface area (Å²) in [5.74, 6) is -1.10. The standard InChI is InChI=1S/C22H23ClFN3O3/c23-19-15-17(24)7-8-18(19)21(29)25-10-9-20(28)26-11-4-12-27(14-13-26)22(30)16-5-2-1-3-6-16/h1-3,5-8,15H,4,9-14H2,(H,25,29). The maximum Gasteiger partial charge on any atom is 0.253 e. The van der Waals surface area contributed by atoms with Crippen LogP contribution in [0.5, 0.6) is 0 Å². The van der Waals surface area contributed by atoms with Crippen molar-refractivity contribution in [3.05, 3.63) is 70.5 Å². The molecule has 1 fully saturated rings. The average Bonchev–Trinajstić information content (AvgIpc) is 3.00. The summed E-state index contributed by atoms with van der Waals surface area (Å²) in [7, 11) is 0. The van der Waals surface area contributed by atoms with Gasteiger partial charge in [-0.25, -0.2) is 4.39 Å². The molecule has 1 heterocycles. The van der Waals surface area contributed by atoms with E-state index in [4.69, 9.17) is 11.6 Å². The van der Waals surface area contributed by atoms with Crippen LogP contribution in [0.15, 0.2) is 48.5 Å². The van der Waals surface area contributed by atoms with Crippen LogP contribution in [-0.2, 0) is 4.79 Å². The predicted molar refractivity (Wildman–Crippen MR) is 112 cm³/mol. The van der Waals surface area contributed by atoms with Gasteiger partial charge in [-0.05, 0) is 36.8 Å². The van der Waals surface area contributed by atoms with E-state index in [0.29, 0.717) is 38.2 Å². The molecule has 0 spiro atoms. The average molecular weight is 432 g/mol. The van der Waals surface area contributed by atoms with Crippen LogP contribution in [0.1, 0.15) is 33.6 Å². The Balaban J connectivity index is 1.47. The van der Waals surface area contributed by atoms with Gasteiger partial charge in [0.2, 0.25) is 5.91 Å². The van der Waals surface area contributed by atoms with Crippen LogP contribution in [0.2, 0.25) is 5.02 Å². The van der Waals surface area contributed by atoms with E-state index in [1.54, 1.807) is 21.9 Å². The molecule has 8 heteroatoms. The van der Waals surface area contributed by atoms with E-state index >= 15 is 0 Å². The zero-order valence-corrected chi connectivity index (χ0v) is 17.2. The van der Waals surface area contributed by atoms with Gasteiger partial charge >= 0.3 is 0 Å². The van der Waals surface area contributed by atoms with Gasteiger partial charge in [-0.15, -0.1) is 0 Å². The zero-order chi connectivity index (χ0) is 21.5. The molecule has 1 aliphatic heterocycles. The van der Waals surface area contributed by atoms with Crippen molar-refractivity contribution in [1.82, 2.24) is 15.1 Å². The van der Waals surface area contributed by atoms with Crippen LogP contribution in [0.25, 0.3) is 0 Å². The van der Waals surface area contributed by atoms with Crippen molar-refractivity contribution >= 4 is 29.3 Å². The number of nitrogens with one attached hydrogen (secondary N) is 1. The zero-order valence-electron chi connectivity index (χ0n) is 16.4. The minimum absolute atomic E-state index is 0.0227. The molecule has 3 amide bonds.